The number of hydrogen-bond acceptors (Lipinski definition) is 5. The van der Waals surface area contributed by atoms with Crippen LogP contribution in [0.5, 0.6) is 0 Å². The monoisotopic (exact) mass is 502 g/mol. The molecule has 0 N–H and O–H groups in total. The van der Waals surface area contributed by atoms with E-state index in [1.165, 1.54) is 0 Å². The SMILES string of the molecule is N#Cc1ccc(-n2c3cc(-c4nc5ccccc5o4)ccc3c3ccc(-c4nc5ccccc5o4)cc32)cc1. The van der Waals surface area contributed by atoms with E-state index >= 15 is 0 Å². The van der Waals surface area contributed by atoms with Gasteiger partial charge in [-0.3, -0.25) is 0 Å². The van der Waals surface area contributed by atoms with E-state index < -0.39 is 0 Å². The molecule has 0 amide bonds. The summed E-state index contributed by atoms with van der Waals surface area (Å²) >= 11 is 0. The number of aromatic nitrogens is 3. The van der Waals surface area contributed by atoms with Crippen LogP contribution in [0.15, 0.2) is 118 Å². The Kier molecular flexibility index (Phi) is 4.49. The molecule has 0 atom stereocenters. The first-order valence-corrected chi connectivity index (χ1v) is 12.6. The molecule has 3 aromatic heterocycles. The quantitative estimate of drug-likeness (QED) is 0.243. The topological polar surface area (TPSA) is 80.8 Å². The molecule has 0 aliphatic heterocycles. The molecule has 0 aliphatic rings. The van der Waals surface area contributed by atoms with Crippen molar-refractivity contribution in [2.24, 2.45) is 0 Å². The maximum Gasteiger partial charge on any atom is 0.227 e. The van der Waals surface area contributed by atoms with Crippen LogP contribution in [0.1, 0.15) is 5.56 Å². The molecule has 8 rings (SSSR count). The Morgan fingerprint density at radius 3 is 1.59 bits per heavy atom. The van der Waals surface area contributed by atoms with Crippen molar-refractivity contribution in [2.75, 3.05) is 0 Å². The largest absolute Gasteiger partial charge is 0.436 e. The summed E-state index contributed by atoms with van der Waals surface area (Å²) < 4.78 is 14.4. The van der Waals surface area contributed by atoms with Gasteiger partial charge in [0.25, 0.3) is 0 Å². The van der Waals surface area contributed by atoms with Crippen molar-refractivity contribution >= 4 is 44.0 Å². The summed E-state index contributed by atoms with van der Waals surface area (Å²) in [5.41, 5.74) is 8.48. The highest BCUT2D eigenvalue weighted by atomic mass is 16.4. The van der Waals surface area contributed by atoms with Crippen molar-refractivity contribution in [2.45, 2.75) is 0 Å². The van der Waals surface area contributed by atoms with E-state index in [9.17, 15) is 5.26 Å². The molecule has 5 aromatic carbocycles. The molecule has 0 unspecified atom stereocenters. The first-order chi connectivity index (χ1) is 19.2. The standard InChI is InChI=1S/C33H18N4O2/c34-19-20-9-13-23(14-10-20)37-28-17-21(32-35-26-5-1-3-7-30(26)38-32)11-15-24(28)25-16-12-22(18-29(25)37)33-36-27-6-2-4-8-31(27)39-33/h1-18H. The summed E-state index contributed by atoms with van der Waals surface area (Å²) in [6, 6.07) is 37.9. The van der Waals surface area contributed by atoms with Gasteiger partial charge in [0.05, 0.1) is 22.7 Å². The van der Waals surface area contributed by atoms with Crippen LogP contribution in [0.2, 0.25) is 0 Å². The van der Waals surface area contributed by atoms with Crippen molar-refractivity contribution in [3.05, 3.63) is 115 Å². The van der Waals surface area contributed by atoms with E-state index in [0.717, 1.165) is 60.8 Å². The van der Waals surface area contributed by atoms with Crippen molar-refractivity contribution in [3.8, 4) is 34.7 Å². The highest BCUT2D eigenvalue weighted by Crippen LogP contribution is 2.37. The maximum atomic E-state index is 9.36. The van der Waals surface area contributed by atoms with Gasteiger partial charge in [0.15, 0.2) is 11.2 Å². The highest BCUT2D eigenvalue weighted by molar-refractivity contribution is 6.11. The molecule has 0 saturated carbocycles. The Bertz CT molecular complexity index is 2050. The fourth-order valence-corrected chi connectivity index (χ4v) is 5.24. The third-order valence-electron chi connectivity index (χ3n) is 7.10. The number of nitriles is 1. The van der Waals surface area contributed by atoms with Gasteiger partial charge in [-0.2, -0.15) is 5.26 Å². The molecular weight excluding hydrogens is 484 g/mol. The summed E-state index contributed by atoms with van der Waals surface area (Å²) in [6.45, 7) is 0. The average Bonchev–Trinajstić information content (AvgIpc) is 3.70. The Morgan fingerprint density at radius 1 is 0.590 bits per heavy atom. The van der Waals surface area contributed by atoms with Gasteiger partial charge in [0.1, 0.15) is 11.0 Å². The third kappa shape index (κ3) is 3.34. The molecule has 0 saturated heterocycles. The molecule has 0 aliphatic carbocycles. The Labute approximate surface area is 222 Å². The number of rotatable bonds is 3. The minimum atomic E-state index is 0.571. The van der Waals surface area contributed by atoms with Crippen LogP contribution in [0.4, 0.5) is 0 Å². The molecule has 0 radical (unpaired) electrons. The Balaban J connectivity index is 1.39. The van der Waals surface area contributed by atoms with Crippen LogP contribution < -0.4 is 0 Å². The summed E-state index contributed by atoms with van der Waals surface area (Å²) in [5, 5.41) is 11.5. The Morgan fingerprint density at radius 2 is 1.10 bits per heavy atom. The van der Waals surface area contributed by atoms with E-state index in [4.69, 9.17) is 18.8 Å². The number of hydrogen-bond donors (Lipinski definition) is 0. The summed E-state index contributed by atoms with van der Waals surface area (Å²) in [7, 11) is 0. The van der Waals surface area contributed by atoms with Crippen LogP contribution in [-0.4, -0.2) is 14.5 Å². The van der Waals surface area contributed by atoms with E-state index in [2.05, 4.69) is 34.9 Å². The molecule has 0 fully saturated rings. The van der Waals surface area contributed by atoms with E-state index in [1.54, 1.807) is 0 Å². The van der Waals surface area contributed by atoms with E-state index in [-0.39, 0.29) is 0 Å². The van der Waals surface area contributed by atoms with Gasteiger partial charge in [-0.15, -0.1) is 0 Å². The second-order valence-corrected chi connectivity index (χ2v) is 9.43. The average molecular weight is 503 g/mol. The van der Waals surface area contributed by atoms with Crippen LogP contribution in [0, 0.1) is 11.3 Å². The van der Waals surface area contributed by atoms with Crippen molar-refractivity contribution in [1.29, 1.82) is 5.26 Å². The van der Waals surface area contributed by atoms with Gasteiger partial charge in [-0.05, 0) is 72.8 Å². The Hall–Kier alpha value is -5.67. The fraction of sp³-hybridized carbons (Fsp3) is 0. The summed E-state index contributed by atoms with van der Waals surface area (Å²) in [4.78, 5) is 9.42. The number of para-hydroxylation sites is 4. The van der Waals surface area contributed by atoms with E-state index in [1.807, 2.05) is 84.9 Å². The number of fused-ring (bicyclic) bond motifs is 5. The lowest BCUT2D eigenvalue weighted by Crippen LogP contribution is -1.94. The molecule has 6 nitrogen and oxygen atoms in total. The van der Waals surface area contributed by atoms with Crippen molar-refractivity contribution in [3.63, 3.8) is 0 Å². The maximum absolute atomic E-state index is 9.36. The zero-order valence-electron chi connectivity index (χ0n) is 20.5. The predicted octanol–water partition coefficient (Wildman–Crippen LogP) is 8.27. The van der Waals surface area contributed by atoms with Crippen LogP contribution in [-0.2, 0) is 0 Å². The molecule has 8 aromatic rings. The lowest BCUT2D eigenvalue weighted by atomic mass is 10.1. The van der Waals surface area contributed by atoms with Crippen molar-refractivity contribution < 1.29 is 8.83 Å². The zero-order chi connectivity index (χ0) is 25.9. The molecular formula is C33H18N4O2. The molecule has 182 valence electrons. The van der Waals surface area contributed by atoms with Crippen molar-refractivity contribution in [1.82, 2.24) is 14.5 Å². The van der Waals surface area contributed by atoms with Gasteiger partial charge in [-0.25, -0.2) is 9.97 Å². The second-order valence-electron chi connectivity index (χ2n) is 9.43. The highest BCUT2D eigenvalue weighted by Gasteiger charge is 2.18. The number of benzene rings is 5. The van der Waals surface area contributed by atoms with Gasteiger partial charge >= 0.3 is 0 Å². The first-order valence-electron chi connectivity index (χ1n) is 12.6. The first kappa shape index (κ1) is 21.4. The normalized spacial score (nSPS) is 11.6. The van der Waals surface area contributed by atoms with E-state index in [0.29, 0.717) is 17.3 Å². The third-order valence-corrected chi connectivity index (χ3v) is 7.10. The number of oxazole rings is 2. The van der Waals surface area contributed by atoms with Gasteiger partial charge in [-0.1, -0.05) is 36.4 Å². The minimum Gasteiger partial charge on any atom is -0.436 e. The zero-order valence-corrected chi connectivity index (χ0v) is 20.5. The summed E-state index contributed by atoms with van der Waals surface area (Å²) in [6.07, 6.45) is 0. The van der Waals surface area contributed by atoms with Crippen LogP contribution in [0.25, 0.3) is 72.6 Å². The van der Waals surface area contributed by atoms with Gasteiger partial charge in [0, 0.05) is 27.6 Å². The smallest absolute Gasteiger partial charge is 0.227 e. The van der Waals surface area contributed by atoms with Gasteiger partial charge in [0.2, 0.25) is 11.8 Å². The summed E-state index contributed by atoms with van der Waals surface area (Å²) in [5.74, 6) is 1.14. The molecule has 6 heteroatoms. The molecule has 39 heavy (non-hydrogen) atoms. The lowest BCUT2D eigenvalue weighted by molar-refractivity contribution is 0.619. The van der Waals surface area contributed by atoms with Crippen LogP contribution >= 0.6 is 0 Å². The predicted molar refractivity (Wildman–Crippen MR) is 152 cm³/mol. The fourth-order valence-electron chi connectivity index (χ4n) is 5.24. The molecule has 0 spiro atoms. The molecule has 0 bridgehead atoms. The van der Waals surface area contributed by atoms with Crippen LogP contribution in [0.3, 0.4) is 0 Å². The lowest BCUT2D eigenvalue weighted by Gasteiger charge is -2.09. The number of nitrogens with zero attached hydrogens (tertiary/aromatic N) is 4. The molecule has 3 heterocycles. The van der Waals surface area contributed by atoms with Gasteiger partial charge < -0.3 is 13.4 Å². The second kappa shape index (κ2) is 8.17. The minimum absolute atomic E-state index is 0.571.